The van der Waals surface area contributed by atoms with E-state index < -0.39 is 0 Å². The molecule has 0 spiro atoms. The monoisotopic (exact) mass is 396 g/mol. The molecule has 0 radical (unpaired) electrons. The molecule has 4 rings (SSSR count). The summed E-state index contributed by atoms with van der Waals surface area (Å²) in [4.78, 5) is 30.6. The highest BCUT2D eigenvalue weighted by Gasteiger charge is 2.33. The van der Waals surface area contributed by atoms with E-state index in [4.69, 9.17) is 0 Å². The number of piperazine rings is 1. The van der Waals surface area contributed by atoms with E-state index in [0.717, 1.165) is 19.6 Å². The van der Waals surface area contributed by atoms with Crippen LogP contribution in [0.15, 0.2) is 54.6 Å². The largest absolute Gasteiger partial charge is 0.333 e. The van der Waals surface area contributed by atoms with E-state index in [0.29, 0.717) is 25.3 Å². The molecule has 152 valence electrons. The molecule has 0 saturated carbocycles. The minimum atomic E-state index is -0.379. The molecule has 1 atom stereocenters. The molecule has 0 aromatic heterocycles. The van der Waals surface area contributed by atoms with Crippen molar-refractivity contribution in [2.45, 2.75) is 19.0 Å². The van der Waals surface area contributed by atoms with Crippen LogP contribution in [0.5, 0.6) is 0 Å². The Hall–Kier alpha value is -2.93. The van der Waals surface area contributed by atoms with Crippen LogP contribution in [0.4, 0.5) is 14.9 Å². The number of nitrogens with one attached hydrogen (secondary N) is 1. The molecule has 2 aromatic rings. The molecule has 2 saturated heterocycles. The number of carbonyl (C=O) groups is 2. The maximum absolute atomic E-state index is 13.4. The van der Waals surface area contributed by atoms with Crippen LogP contribution < -0.4 is 10.2 Å². The number of hydrogen-bond acceptors (Lipinski definition) is 3. The molecule has 2 aliphatic rings. The van der Waals surface area contributed by atoms with Crippen LogP contribution in [0.3, 0.4) is 0 Å². The van der Waals surface area contributed by atoms with Gasteiger partial charge in [-0.15, -0.1) is 0 Å². The third-order valence-electron chi connectivity index (χ3n) is 5.48. The standard InChI is InChI=1S/C22H25FN4O2/c23-18-7-4-8-20(13-18)27-16-19(14-21(27)28)24-22(29)26-11-9-25(10-12-26)15-17-5-2-1-3-6-17/h1-8,13,19H,9-12,14-16H2,(H,24,29). The molecule has 2 aromatic carbocycles. The fourth-order valence-electron chi connectivity index (χ4n) is 3.91. The minimum absolute atomic E-state index is 0.103. The highest BCUT2D eigenvalue weighted by molar-refractivity contribution is 5.96. The van der Waals surface area contributed by atoms with Gasteiger partial charge in [0.25, 0.3) is 0 Å². The highest BCUT2D eigenvalue weighted by atomic mass is 19.1. The molecule has 29 heavy (non-hydrogen) atoms. The Morgan fingerprint density at radius 2 is 1.79 bits per heavy atom. The van der Waals surface area contributed by atoms with Gasteiger partial charge in [0.1, 0.15) is 5.82 Å². The second-order valence-corrected chi connectivity index (χ2v) is 7.58. The predicted molar refractivity (Wildman–Crippen MR) is 109 cm³/mol. The van der Waals surface area contributed by atoms with Crippen LogP contribution in [0.2, 0.25) is 0 Å². The van der Waals surface area contributed by atoms with Gasteiger partial charge in [-0.1, -0.05) is 36.4 Å². The summed E-state index contributed by atoms with van der Waals surface area (Å²) in [5, 5.41) is 2.97. The van der Waals surface area contributed by atoms with Gasteiger partial charge in [-0.05, 0) is 23.8 Å². The Morgan fingerprint density at radius 1 is 1.03 bits per heavy atom. The summed E-state index contributed by atoms with van der Waals surface area (Å²) in [7, 11) is 0. The van der Waals surface area contributed by atoms with Crippen LogP contribution in [-0.2, 0) is 11.3 Å². The first-order valence-electron chi connectivity index (χ1n) is 9.96. The molecule has 0 aliphatic carbocycles. The van der Waals surface area contributed by atoms with Gasteiger partial charge in [-0.25, -0.2) is 9.18 Å². The third kappa shape index (κ3) is 4.74. The van der Waals surface area contributed by atoms with Gasteiger partial charge in [0.15, 0.2) is 0 Å². The third-order valence-corrected chi connectivity index (χ3v) is 5.48. The summed E-state index contributed by atoms with van der Waals surface area (Å²) in [6.07, 6.45) is 0.232. The number of anilines is 1. The van der Waals surface area contributed by atoms with Crippen LogP contribution in [-0.4, -0.2) is 60.5 Å². The van der Waals surface area contributed by atoms with Gasteiger partial charge in [-0.2, -0.15) is 0 Å². The van der Waals surface area contributed by atoms with Crippen molar-refractivity contribution in [2.75, 3.05) is 37.6 Å². The van der Waals surface area contributed by atoms with Crippen LogP contribution in [0, 0.1) is 5.82 Å². The Balaban J connectivity index is 1.26. The first-order chi connectivity index (χ1) is 14.1. The SMILES string of the molecule is O=C(NC1CC(=O)N(c2cccc(F)c2)C1)N1CCN(Cc2ccccc2)CC1. The molecular weight excluding hydrogens is 371 g/mol. The Labute approximate surface area is 169 Å². The maximum atomic E-state index is 13.4. The topological polar surface area (TPSA) is 55.9 Å². The maximum Gasteiger partial charge on any atom is 0.317 e. The van der Waals surface area contributed by atoms with E-state index in [2.05, 4.69) is 22.3 Å². The zero-order valence-corrected chi connectivity index (χ0v) is 16.3. The van der Waals surface area contributed by atoms with Gasteiger partial charge < -0.3 is 15.1 Å². The number of nitrogens with zero attached hydrogens (tertiary/aromatic N) is 3. The highest BCUT2D eigenvalue weighted by Crippen LogP contribution is 2.22. The molecule has 2 fully saturated rings. The van der Waals surface area contributed by atoms with Crippen molar-refractivity contribution in [2.24, 2.45) is 0 Å². The van der Waals surface area contributed by atoms with Gasteiger partial charge in [0.05, 0.1) is 6.04 Å². The quantitative estimate of drug-likeness (QED) is 0.864. The predicted octanol–water partition coefficient (Wildman–Crippen LogP) is 2.46. The molecule has 2 aliphatic heterocycles. The van der Waals surface area contributed by atoms with E-state index in [9.17, 15) is 14.0 Å². The minimum Gasteiger partial charge on any atom is -0.333 e. The Kier molecular flexibility index (Phi) is 5.76. The molecular formula is C22H25FN4O2. The van der Waals surface area contributed by atoms with Crippen LogP contribution >= 0.6 is 0 Å². The Bertz CT molecular complexity index is 868. The van der Waals surface area contributed by atoms with Crippen molar-refractivity contribution in [3.8, 4) is 0 Å². The van der Waals surface area contributed by atoms with Crippen molar-refractivity contribution >= 4 is 17.6 Å². The van der Waals surface area contributed by atoms with Gasteiger partial charge in [0.2, 0.25) is 5.91 Å². The molecule has 0 bridgehead atoms. The zero-order chi connectivity index (χ0) is 20.2. The Morgan fingerprint density at radius 3 is 2.52 bits per heavy atom. The van der Waals surface area contributed by atoms with Crippen molar-refractivity contribution < 1.29 is 14.0 Å². The number of benzene rings is 2. The molecule has 2 heterocycles. The van der Waals surface area contributed by atoms with E-state index in [1.165, 1.54) is 22.6 Å². The summed E-state index contributed by atoms with van der Waals surface area (Å²) >= 11 is 0. The van der Waals surface area contributed by atoms with Crippen LogP contribution in [0.25, 0.3) is 0 Å². The number of halogens is 1. The summed E-state index contributed by atoms with van der Waals surface area (Å²) in [5.74, 6) is -0.482. The molecule has 1 N–H and O–H groups in total. The number of amides is 3. The van der Waals surface area contributed by atoms with Crippen molar-refractivity contribution in [1.29, 1.82) is 0 Å². The van der Waals surface area contributed by atoms with Crippen molar-refractivity contribution in [3.63, 3.8) is 0 Å². The molecule has 3 amide bonds. The fraction of sp³-hybridized carbons (Fsp3) is 0.364. The number of rotatable bonds is 4. The molecule has 7 heteroatoms. The number of urea groups is 1. The summed E-state index contributed by atoms with van der Waals surface area (Å²) < 4.78 is 13.4. The first-order valence-corrected chi connectivity index (χ1v) is 9.96. The molecule has 1 unspecified atom stereocenters. The summed E-state index contributed by atoms with van der Waals surface area (Å²) in [5.41, 5.74) is 1.80. The molecule has 6 nitrogen and oxygen atoms in total. The number of hydrogen-bond donors (Lipinski definition) is 1. The van der Waals surface area contributed by atoms with Crippen LogP contribution in [0.1, 0.15) is 12.0 Å². The van der Waals surface area contributed by atoms with Gasteiger partial charge >= 0.3 is 6.03 Å². The van der Waals surface area contributed by atoms with E-state index in [-0.39, 0.29) is 30.2 Å². The van der Waals surface area contributed by atoms with Gasteiger partial charge in [-0.3, -0.25) is 9.69 Å². The van der Waals surface area contributed by atoms with E-state index in [1.807, 2.05) is 18.2 Å². The van der Waals surface area contributed by atoms with Crippen molar-refractivity contribution in [3.05, 3.63) is 66.0 Å². The normalized spacial score (nSPS) is 20.2. The lowest BCUT2D eigenvalue weighted by atomic mass is 10.2. The summed E-state index contributed by atoms with van der Waals surface area (Å²) in [6.45, 7) is 4.21. The number of carbonyl (C=O) groups excluding carboxylic acids is 2. The van der Waals surface area contributed by atoms with E-state index >= 15 is 0 Å². The second-order valence-electron chi connectivity index (χ2n) is 7.58. The lowest BCUT2D eigenvalue weighted by molar-refractivity contribution is -0.117. The van der Waals surface area contributed by atoms with Gasteiger partial charge in [0, 0.05) is 51.4 Å². The van der Waals surface area contributed by atoms with Crippen molar-refractivity contribution in [1.82, 2.24) is 15.1 Å². The fourth-order valence-corrected chi connectivity index (χ4v) is 3.91. The zero-order valence-electron chi connectivity index (χ0n) is 16.3. The second kappa shape index (κ2) is 8.61. The average molecular weight is 396 g/mol. The smallest absolute Gasteiger partial charge is 0.317 e. The lowest BCUT2D eigenvalue weighted by Gasteiger charge is -2.35. The average Bonchev–Trinajstić information content (AvgIpc) is 3.09. The summed E-state index contributed by atoms with van der Waals surface area (Å²) in [6, 6.07) is 15.9. The lowest BCUT2D eigenvalue weighted by Crippen LogP contribution is -2.53. The van der Waals surface area contributed by atoms with E-state index in [1.54, 1.807) is 17.0 Å². The first kappa shape index (κ1) is 19.4.